The third-order valence-electron chi connectivity index (χ3n) is 2.28. The van der Waals surface area contributed by atoms with Crippen LogP contribution in [0.3, 0.4) is 0 Å². The average Bonchev–Trinajstić information content (AvgIpc) is 2.28. The van der Waals surface area contributed by atoms with Gasteiger partial charge in [-0.25, -0.2) is 4.79 Å². The molecule has 0 amide bonds. The molecule has 0 saturated heterocycles. The summed E-state index contributed by atoms with van der Waals surface area (Å²) in [5.74, 6) is -1.01. The topological polar surface area (TPSA) is 80.4 Å². The summed E-state index contributed by atoms with van der Waals surface area (Å²) in [6.45, 7) is 1.93. The summed E-state index contributed by atoms with van der Waals surface area (Å²) in [5, 5.41) is 19.2. The molecule has 0 aromatic heterocycles. The van der Waals surface area contributed by atoms with E-state index in [1.165, 1.54) is 12.1 Å². The lowest BCUT2D eigenvalue weighted by molar-refractivity contribution is -0.401. The summed E-state index contributed by atoms with van der Waals surface area (Å²) in [5.41, 5.74) is 1.47. The number of nitro groups is 1. The lowest BCUT2D eigenvalue weighted by Gasteiger charge is -2.03. The van der Waals surface area contributed by atoms with Gasteiger partial charge in [0.1, 0.15) is 0 Å². The van der Waals surface area contributed by atoms with Gasteiger partial charge in [-0.1, -0.05) is 25.5 Å². The SMILES string of the molecule is CCC/C(=C/[N+](=O)[O-])c1ccc(C(=O)O)cc1. The fourth-order valence-corrected chi connectivity index (χ4v) is 1.51. The predicted octanol–water partition coefficient (Wildman–Crippen LogP) is 2.80. The minimum Gasteiger partial charge on any atom is -0.478 e. The van der Waals surface area contributed by atoms with Crippen molar-refractivity contribution in [1.82, 2.24) is 0 Å². The first kappa shape index (κ1) is 12.9. The van der Waals surface area contributed by atoms with Crippen LogP contribution >= 0.6 is 0 Å². The van der Waals surface area contributed by atoms with Crippen LogP contribution in [0.25, 0.3) is 5.57 Å². The summed E-state index contributed by atoms with van der Waals surface area (Å²) in [6, 6.07) is 6.07. The van der Waals surface area contributed by atoms with Crippen LogP contribution in [0.15, 0.2) is 30.5 Å². The van der Waals surface area contributed by atoms with Crippen molar-refractivity contribution in [3.63, 3.8) is 0 Å². The smallest absolute Gasteiger partial charge is 0.335 e. The Morgan fingerprint density at radius 2 is 1.88 bits per heavy atom. The van der Waals surface area contributed by atoms with E-state index in [0.717, 1.165) is 12.6 Å². The Balaban J connectivity index is 3.03. The molecule has 5 nitrogen and oxygen atoms in total. The van der Waals surface area contributed by atoms with Crippen molar-refractivity contribution in [2.75, 3.05) is 0 Å². The van der Waals surface area contributed by atoms with Gasteiger partial charge in [-0.15, -0.1) is 0 Å². The van der Waals surface area contributed by atoms with Gasteiger partial charge in [0.25, 0.3) is 0 Å². The molecule has 0 aliphatic carbocycles. The van der Waals surface area contributed by atoms with Crippen LogP contribution in [0.1, 0.15) is 35.7 Å². The van der Waals surface area contributed by atoms with Crippen LogP contribution < -0.4 is 0 Å². The maximum Gasteiger partial charge on any atom is 0.335 e. The Morgan fingerprint density at radius 1 is 1.35 bits per heavy atom. The van der Waals surface area contributed by atoms with Crippen molar-refractivity contribution in [1.29, 1.82) is 0 Å². The molecule has 0 bridgehead atoms. The van der Waals surface area contributed by atoms with Gasteiger partial charge < -0.3 is 5.11 Å². The van der Waals surface area contributed by atoms with Crippen molar-refractivity contribution in [3.8, 4) is 0 Å². The van der Waals surface area contributed by atoms with Crippen LogP contribution in [0, 0.1) is 10.1 Å². The van der Waals surface area contributed by atoms with Crippen molar-refractivity contribution in [3.05, 3.63) is 51.7 Å². The highest BCUT2D eigenvalue weighted by Gasteiger charge is 2.07. The zero-order chi connectivity index (χ0) is 12.8. The highest BCUT2D eigenvalue weighted by molar-refractivity contribution is 5.88. The number of nitrogens with zero attached hydrogens (tertiary/aromatic N) is 1. The summed E-state index contributed by atoms with van der Waals surface area (Å²) >= 11 is 0. The Morgan fingerprint density at radius 3 is 2.29 bits per heavy atom. The Labute approximate surface area is 98.5 Å². The monoisotopic (exact) mass is 235 g/mol. The van der Waals surface area contributed by atoms with E-state index in [0.29, 0.717) is 17.6 Å². The van der Waals surface area contributed by atoms with Crippen molar-refractivity contribution < 1.29 is 14.8 Å². The molecule has 1 N–H and O–H groups in total. The lowest BCUT2D eigenvalue weighted by atomic mass is 10.0. The molecular weight excluding hydrogens is 222 g/mol. The first-order valence-corrected chi connectivity index (χ1v) is 5.22. The summed E-state index contributed by atoms with van der Waals surface area (Å²) in [7, 11) is 0. The number of hydrogen-bond donors (Lipinski definition) is 1. The molecule has 0 aliphatic rings. The summed E-state index contributed by atoms with van der Waals surface area (Å²) in [4.78, 5) is 20.6. The largest absolute Gasteiger partial charge is 0.478 e. The Bertz CT molecular complexity index is 448. The van der Waals surface area contributed by atoms with Gasteiger partial charge in [0.2, 0.25) is 6.20 Å². The zero-order valence-electron chi connectivity index (χ0n) is 9.42. The van der Waals surface area contributed by atoms with E-state index in [1.54, 1.807) is 12.1 Å². The number of carboxylic acid groups (broad SMARTS) is 1. The van der Waals surface area contributed by atoms with E-state index in [2.05, 4.69) is 0 Å². The average molecular weight is 235 g/mol. The molecule has 1 rings (SSSR count). The molecule has 5 heteroatoms. The van der Waals surface area contributed by atoms with Crippen molar-refractivity contribution in [2.24, 2.45) is 0 Å². The third kappa shape index (κ3) is 3.71. The van der Waals surface area contributed by atoms with E-state index in [4.69, 9.17) is 5.11 Å². The second kappa shape index (κ2) is 5.79. The molecule has 0 radical (unpaired) electrons. The maximum absolute atomic E-state index is 10.7. The predicted molar refractivity (Wildman–Crippen MR) is 63.3 cm³/mol. The van der Waals surface area contributed by atoms with Gasteiger partial charge in [0.15, 0.2) is 0 Å². The van der Waals surface area contributed by atoms with Gasteiger partial charge in [-0.2, -0.15) is 0 Å². The Hall–Kier alpha value is -2.17. The molecule has 0 fully saturated rings. The van der Waals surface area contributed by atoms with E-state index in [1.807, 2.05) is 6.92 Å². The van der Waals surface area contributed by atoms with E-state index in [-0.39, 0.29) is 5.56 Å². The number of rotatable bonds is 5. The van der Waals surface area contributed by atoms with E-state index in [9.17, 15) is 14.9 Å². The maximum atomic E-state index is 10.7. The molecule has 0 heterocycles. The Kier molecular flexibility index (Phi) is 4.39. The molecule has 0 spiro atoms. The van der Waals surface area contributed by atoms with E-state index >= 15 is 0 Å². The lowest BCUT2D eigenvalue weighted by Crippen LogP contribution is -1.97. The first-order valence-electron chi connectivity index (χ1n) is 5.22. The second-order valence-electron chi connectivity index (χ2n) is 3.57. The van der Waals surface area contributed by atoms with Gasteiger partial charge >= 0.3 is 5.97 Å². The zero-order valence-corrected chi connectivity index (χ0v) is 9.42. The molecule has 0 atom stereocenters. The van der Waals surface area contributed by atoms with Gasteiger partial charge in [0.05, 0.1) is 10.5 Å². The van der Waals surface area contributed by atoms with Crippen molar-refractivity contribution in [2.45, 2.75) is 19.8 Å². The summed E-state index contributed by atoms with van der Waals surface area (Å²) < 4.78 is 0. The molecule has 0 unspecified atom stereocenters. The standard InChI is InChI=1S/C12H13NO4/c1-2-3-11(8-13(16)17)9-4-6-10(7-5-9)12(14)15/h4-8H,2-3H2,1H3,(H,14,15)/b11-8-. The fraction of sp³-hybridized carbons (Fsp3) is 0.250. The van der Waals surface area contributed by atoms with Crippen LogP contribution in [0.2, 0.25) is 0 Å². The number of carboxylic acids is 1. The number of aromatic carboxylic acids is 1. The minimum atomic E-state index is -1.01. The quantitative estimate of drug-likeness (QED) is 0.628. The number of carbonyl (C=O) groups is 1. The van der Waals surface area contributed by atoms with Gasteiger partial charge in [0, 0.05) is 5.57 Å². The highest BCUT2D eigenvalue weighted by Crippen LogP contribution is 2.20. The first-order chi connectivity index (χ1) is 8.04. The second-order valence-corrected chi connectivity index (χ2v) is 3.57. The molecule has 17 heavy (non-hydrogen) atoms. The molecule has 0 aliphatic heterocycles. The molecule has 90 valence electrons. The fourth-order valence-electron chi connectivity index (χ4n) is 1.51. The van der Waals surface area contributed by atoms with Gasteiger partial charge in [-0.3, -0.25) is 10.1 Å². The minimum absolute atomic E-state index is 0.172. The number of benzene rings is 1. The molecule has 1 aromatic rings. The molecule has 0 saturated carbocycles. The highest BCUT2D eigenvalue weighted by atomic mass is 16.6. The van der Waals surface area contributed by atoms with Crippen LogP contribution in [-0.4, -0.2) is 16.0 Å². The van der Waals surface area contributed by atoms with Crippen LogP contribution in [0.5, 0.6) is 0 Å². The molecular formula is C12H13NO4. The van der Waals surface area contributed by atoms with Gasteiger partial charge in [-0.05, 0) is 24.1 Å². The van der Waals surface area contributed by atoms with Crippen LogP contribution in [-0.2, 0) is 0 Å². The number of hydrogen-bond acceptors (Lipinski definition) is 3. The summed E-state index contributed by atoms with van der Waals surface area (Å²) in [6.07, 6.45) is 2.35. The number of allylic oxidation sites excluding steroid dienone is 1. The molecule has 1 aromatic carbocycles. The normalized spacial score (nSPS) is 11.2. The van der Waals surface area contributed by atoms with Crippen molar-refractivity contribution >= 4 is 11.5 Å². The third-order valence-corrected chi connectivity index (χ3v) is 2.28. The van der Waals surface area contributed by atoms with Crippen LogP contribution in [0.4, 0.5) is 0 Å². The van der Waals surface area contributed by atoms with E-state index < -0.39 is 10.9 Å².